The van der Waals surface area contributed by atoms with Crippen LogP contribution >= 0.6 is 0 Å². The molecule has 5 unspecified atom stereocenters. The number of halogens is 3. The van der Waals surface area contributed by atoms with Crippen molar-refractivity contribution in [1.82, 2.24) is 49.8 Å². The first-order valence-electron chi connectivity index (χ1n) is 25.5. The Balaban J connectivity index is 0.948. The third-order valence-corrected chi connectivity index (χ3v) is 16.3. The van der Waals surface area contributed by atoms with Gasteiger partial charge in [-0.05, 0) is 91.8 Å². The van der Waals surface area contributed by atoms with Crippen LogP contribution in [0.3, 0.4) is 0 Å². The highest BCUT2D eigenvalue weighted by atomic mass is 19.4. The molecule has 5 fully saturated rings. The summed E-state index contributed by atoms with van der Waals surface area (Å²) in [5.74, 6) is -0.362. The van der Waals surface area contributed by atoms with Crippen LogP contribution in [-0.4, -0.2) is 209 Å². The standard InChI is InChI=1S/C51H73F3N10O9/c1-30-24-62(21-16-55-30)49(6)12-19-61(20-13-49)46(68)40-34(5)58-29-59-37(40)26-71-43-41(65)44(47(69)70)73-48(42(43)66)72-27-38(35-8-10-36(11-9-35)51(52,53)54)64-23-22-63(25-31(64)2)50(7)14-17-60(18-15-50)45(67)39-32(3)56-28-57-33(39)4/h8-11,28-31,38,41-44,47-48,55,65-66,69-70H,12-27H2,1-7H3/t30-,31-,38-,41?,42?,43?,44?,48?/m0/s1. The molecular weight excluding hydrogens is 954 g/mol. The number of carbonyl (C=O) groups is 2. The van der Waals surface area contributed by atoms with E-state index in [1.54, 1.807) is 25.7 Å². The zero-order chi connectivity index (χ0) is 52.6. The molecule has 0 bridgehead atoms. The predicted molar refractivity (Wildman–Crippen MR) is 260 cm³/mol. The van der Waals surface area contributed by atoms with Crippen LogP contribution in [0.15, 0.2) is 36.9 Å². The van der Waals surface area contributed by atoms with Crippen molar-refractivity contribution in [2.24, 2.45) is 0 Å². The van der Waals surface area contributed by atoms with Crippen molar-refractivity contribution in [3.05, 3.63) is 81.9 Å². The zero-order valence-corrected chi connectivity index (χ0v) is 43.0. The molecule has 402 valence electrons. The minimum absolute atomic E-state index is 0.0612. The molecule has 0 spiro atoms. The summed E-state index contributed by atoms with van der Waals surface area (Å²) in [5.41, 5.74) is 2.03. The van der Waals surface area contributed by atoms with Gasteiger partial charge in [-0.3, -0.25) is 24.3 Å². The minimum atomic E-state index is -4.57. The monoisotopic (exact) mass is 1030 g/mol. The van der Waals surface area contributed by atoms with Gasteiger partial charge < -0.3 is 49.8 Å². The van der Waals surface area contributed by atoms with E-state index in [9.17, 15) is 43.2 Å². The number of piperidine rings is 2. The Morgan fingerprint density at radius 3 is 1.86 bits per heavy atom. The number of rotatable bonds is 13. The Morgan fingerprint density at radius 1 is 0.767 bits per heavy atom. The summed E-state index contributed by atoms with van der Waals surface area (Å²) in [5, 5.41) is 47.5. The molecule has 0 saturated carbocycles. The number of carbonyl (C=O) groups excluding carboxylic acids is 2. The Bertz CT molecular complexity index is 2370. The number of hydrogen-bond acceptors (Lipinski definition) is 17. The van der Waals surface area contributed by atoms with Crippen molar-refractivity contribution >= 4 is 11.8 Å². The lowest BCUT2D eigenvalue weighted by Gasteiger charge is -2.53. The molecule has 22 heteroatoms. The van der Waals surface area contributed by atoms with Crippen LogP contribution in [0.25, 0.3) is 0 Å². The molecule has 0 aliphatic carbocycles. The topological polar surface area (TPSA) is 223 Å². The molecule has 5 saturated heterocycles. The van der Waals surface area contributed by atoms with Gasteiger partial charge in [0, 0.05) is 88.6 Å². The van der Waals surface area contributed by atoms with Crippen LogP contribution in [0, 0.1) is 20.8 Å². The number of aromatic nitrogens is 4. The van der Waals surface area contributed by atoms with Gasteiger partial charge in [0.25, 0.3) is 11.8 Å². The Kier molecular flexibility index (Phi) is 16.9. The summed E-state index contributed by atoms with van der Waals surface area (Å²) in [6.07, 6.45) is -9.42. The Morgan fingerprint density at radius 2 is 1.32 bits per heavy atom. The molecule has 7 heterocycles. The van der Waals surface area contributed by atoms with Crippen molar-refractivity contribution in [3.63, 3.8) is 0 Å². The summed E-state index contributed by atoms with van der Waals surface area (Å²) < 4.78 is 59.7. The maximum atomic E-state index is 14.2. The summed E-state index contributed by atoms with van der Waals surface area (Å²) in [7, 11) is 0. The molecular formula is C51H73F3N10O9. The van der Waals surface area contributed by atoms with Crippen LogP contribution in [-0.2, 0) is 27.0 Å². The quantitative estimate of drug-likeness (QED) is 0.155. The van der Waals surface area contributed by atoms with E-state index in [0.29, 0.717) is 80.1 Å². The number of amides is 2. The average Bonchev–Trinajstić information content (AvgIpc) is 3.35. The summed E-state index contributed by atoms with van der Waals surface area (Å²) >= 11 is 0. The lowest BCUT2D eigenvalue weighted by atomic mass is 9.86. The smallest absolute Gasteiger partial charge is 0.387 e. The van der Waals surface area contributed by atoms with Crippen molar-refractivity contribution in [3.8, 4) is 0 Å². The molecule has 19 nitrogen and oxygen atoms in total. The molecule has 8 rings (SSSR count). The molecule has 3 aromatic rings. The van der Waals surface area contributed by atoms with E-state index in [2.05, 4.69) is 60.7 Å². The number of likely N-dealkylation sites (tertiary alicyclic amines) is 2. The maximum absolute atomic E-state index is 14.2. The van der Waals surface area contributed by atoms with Gasteiger partial charge in [0.15, 0.2) is 12.6 Å². The SMILES string of the molecule is Cc1ncnc(C)c1C(=O)N1CCC(C)(N2CCN([C@@H](COC3OC(C(O)O)C(O)C(OCc4ncnc(C)c4C(=O)N4CCC(C)(N5CCN[C@@H](C)C5)CC4)C3O)c3ccc(C(F)(F)F)cc3)[C@@H](C)C2)CC1. The van der Waals surface area contributed by atoms with Crippen molar-refractivity contribution in [2.45, 2.75) is 153 Å². The van der Waals surface area contributed by atoms with E-state index in [-0.39, 0.29) is 53.4 Å². The fourth-order valence-electron chi connectivity index (χ4n) is 11.6. The molecule has 2 aromatic heterocycles. The van der Waals surface area contributed by atoms with Gasteiger partial charge in [0.05, 0.1) is 58.7 Å². The van der Waals surface area contributed by atoms with E-state index in [1.165, 1.54) is 24.8 Å². The van der Waals surface area contributed by atoms with Crippen molar-refractivity contribution in [2.75, 3.05) is 72.1 Å². The molecule has 5 N–H and O–H groups in total. The lowest BCUT2D eigenvalue weighted by molar-refractivity contribution is -0.336. The molecule has 5 aliphatic heterocycles. The number of aliphatic hydroxyl groups is 4. The predicted octanol–water partition coefficient (Wildman–Crippen LogP) is 2.60. The number of hydrogen-bond donors (Lipinski definition) is 5. The van der Waals surface area contributed by atoms with Crippen LogP contribution in [0.4, 0.5) is 13.2 Å². The van der Waals surface area contributed by atoms with Gasteiger partial charge in [-0.2, -0.15) is 13.2 Å². The van der Waals surface area contributed by atoms with Gasteiger partial charge in [-0.25, -0.2) is 19.9 Å². The molecule has 1 aromatic carbocycles. The Hall–Kier alpha value is -4.33. The number of aryl methyl sites for hydroxylation is 3. The number of aliphatic hydroxyl groups excluding tert-OH is 3. The molecule has 5 aliphatic rings. The number of benzene rings is 1. The highest BCUT2D eigenvalue weighted by Gasteiger charge is 2.50. The van der Waals surface area contributed by atoms with Crippen LogP contribution < -0.4 is 5.32 Å². The van der Waals surface area contributed by atoms with Crippen LogP contribution in [0.1, 0.15) is 114 Å². The first-order chi connectivity index (χ1) is 34.6. The van der Waals surface area contributed by atoms with Crippen LogP contribution in [0.5, 0.6) is 0 Å². The minimum Gasteiger partial charge on any atom is -0.387 e. The summed E-state index contributed by atoms with van der Waals surface area (Å²) in [4.78, 5) is 55.7. The fraction of sp³-hybridized carbons (Fsp3) is 0.686. The normalized spacial score (nSPS) is 28.1. The van der Waals surface area contributed by atoms with E-state index in [1.807, 2.05) is 11.8 Å². The molecule has 73 heavy (non-hydrogen) atoms. The van der Waals surface area contributed by atoms with Gasteiger partial charge in [0.1, 0.15) is 37.1 Å². The first kappa shape index (κ1) is 54.9. The highest BCUT2D eigenvalue weighted by Crippen LogP contribution is 2.37. The van der Waals surface area contributed by atoms with Gasteiger partial charge >= 0.3 is 6.18 Å². The number of nitrogens with zero attached hydrogens (tertiary/aromatic N) is 9. The molecule has 0 radical (unpaired) electrons. The second-order valence-corrected chi connectivity index (χ2v) is 21.2. The molecule has 2 amide bonds. The van der Waals surface area contributed by atoms with E-state index in [0.717, 1.165) is 57.5 Å². The van der Waals surface area contributed by atoms with E-state index in [4.69, 9.17) is 14.2 Å². The first-order valence-corrected chi connectivity index (χ1v) is 25.5. The van der Waals surface area contributed by atoms with E-state index < -0.39 is 54.8 Å². The van der Waals surface area contributed by atoms with Crippen LogP contribution in [0.2, 0.25) is 0 Å². The van der Waals surface area contributed by atoms with Gasteiger partial charge in [-0.15, -0.1) is 0 Å². The lowest BCUT2D eigenvalue weighted by Crippen LogP contribution is -2.63. The average molecular weight is 1030 g/mol. The second-order valence-electron chi connectivity index (χ2n) is 21.2. The number of piperazine rings is 2. The fourth-order valence-corrected chi connectivity index (χ4v) is 11.6. The number of nitrogens with one attached hydrogen (secondary N) is 1. The van der Waals surface area contributed by atoms with Crippen molar-refractivity contribution in [1.29, 1.82) is 0 Å². The summed E-state index contributed by atoms with van der Waals surface area (Å²) in [6, 6.07) is 4.37. The van der Waals surface area contributed by atoms with E-state index >= 15 is 0 Å². The number of alkyl halides is 3. The largest absolute Gasteiger partial charge is 0.416 e. The third-order valence-electron chi connectivity index (χ3n) is 16.3. The summed E-state index contributed by atoms with van der Waals surface area (Å²) in [6.45, 7) is 19.9. The Labute approximate surface area is 425 Å². The van der Waals surface area contributed by atoms with Gasteiger partial charge in [0.2, 0.25) is 0 Å². The highest BCUT2D eigenvalue weighted by molar-refractivity contribution is 5.97. The second kappa shape index (κ2) is 22.5. The zero-order valence-electron chi connectivity index (χ0n) is 43.0. The third kappa shape index (κ3) is 11.9. The molecule has 8 atom stereocenters. The number of ether oxygens (including phenoxy) is 3. The van der Waals surface area contributed by atoms with Gasteiger partial charge in [-0.1, -0.05) is 12.1 Å². The maximum Gasteiger partial charge on any atom is 0.416 e. The van der Waals surface area contributed by atoms with Crippen molar-refractivity contribution < 1.29 is 57.4 Å².